The number of carbonyl (C=O) groups is 2. The highest BCUT2D eigenvalue weighted by molar-refractivity contribution is 7.90. The van der Waals surface area contributed by atoms with Gasteiger partial charge in [-0.05, 0) is 77.6 Å². The molecule has 2 aliphatic rings. The minimum absolute atomic E-state index is 0.00213. The second kappa shape index (κ2) is 22.4. The molecule has 70 heavy (non-hydrogen) atoms. The average Bonchev–Trinajstić information content (AvgIpc) is 4.15. The fourth-order valence-electron chi connectivity index (χ4n) is 8.48. The van der Waals surface area contributed by atoms with Gasteiger partial charge in [0.15, 0.2) is 53.0 Å². The number of rotatable bonds is 18. The third-order valence-corrected chi connectivity index (χ3v) is 17.0. The molecular formula is C46H58N10O10S4. The van der Waals surface area contributed by atoms with Gasteiger partial charge in [0.25, 0.3) is 0 Å². The van der Waals surface area contributed by atoms with E-state index < -0.39 is 19.7 Å². The minimum Gasteiger partial charge on any atom is -0.494 e. The van der Waals surface area contributed by atoms with Crippen LogP contribution in [-0.2, 0) is 40.8 Å². The maximum Gasteiger partial charge on any atom is 0.222 e. The number of carbonyl (C=O) groups excluding carboxylic acids is 2. The molecule has 0 radical (unpaired) electrons. The number of para-hydroxylation sites is 2. The van der Waals surface area contributed by atoms with E-state index in [0.29, 0.717) is 68.9 Å². The molecule has 0 saturated carbocycles. The Hall–Kier alpha value is -5.98. The second-order valence-electron chi connectivity index (χ2n) is 17.0. The van der Waals surface area contributed by atoms with Crippen molar-refractivity contribution in [2.24, 2.45) is 0 Å². The zero-order chi connectivity index (χ0) is 50.3. The van der Waals surface area contributed by atoms with Crippen LogP contribution in [0, 0.1) is 13.8 Å². The number of ether oxygens (including phenoxy) is 4. The summed E-state index contributed by atoms with van der Waals surface area (Å²) in [6, 6.07) is 10.7. The van der Waals surface area contributed by atoms with Crippen molar-refractivity contribution >= 4 is 54.2 Å². The van der Waals surface area contributed by atoms with Crippen LogP contribution in [0.3, 0.4) is 0 Å². The summed E-state index contributed by atoms with van der Waals surface area (Å²) in [7, 11) is -1.14. The molecular weight excluding hydrogens is 981 g/mol. The quantitative estimate of drug-likeness (QED) is 0.0951. The monoisotopic (exact) mass is 1040 g/mol. The first kappa shape index (κ1) is 51.9. The first-order valence-electron chi connectivity index (χ1n) is 22.6. The number of likely N-dealkylation sites (tertiary alicyclic amines) is 2. The van der Waals surface area contributed by atoms with Gasteiger partial charge in [0.2, 0.25) is 11.8 Å². The predicted octanol–water partition coefficient (Wildman–Crippen LogP) is 6.06. The number of nitrogens with zero attached hydrogens (tertiary/aromatic N) is 10. The van der Waals surface area contributed by atoms with E-state index in [2.05, 4.69) is 30.4 Å². The summed E-state index contributed by atoms with van der Waals surface area (Å²) < 4.78 is 78.4. The molecule has 6 heterocycles. The first-order chi connectivity index (χ1) is 33.5. The summed E-state index contributed by atoms with van der Waals surface area (Å²) >= 11 is 2.78. The Morgan fingerprint density at radius 3 is 1.24 bits per heavy atom. The van der Waals surface area contributed by atoms with Crippen molar-refractivity contribution in [1.82, 2.24) is 49.3 Å². The summed E-state index contributed by atoms with van der Waals surface area (Å²) in [6.07, 6.45) is 4.36. The molecule has 0 bridgehead atoms. The molecule has 2 aromatic carbocycles. The third-order valence-electron chi connectivity index (χ3n) is 12.0. The SMILES string of the molecule is COc1cccc(OC)c1-n1c(CS(=O)(=O)CCN2C(=O)CCC[C@@H]2C)nnc1-c1nc(C)cs1.COc1cccc(OC)c1-n1c(CS(=O)(=O)CCN2C(=O)CCC[C@H]2C)nnc1-c1nc(C)cs1. The van der Waals surface area contributed by atoms with Crippen LogP contribution in [0.25, 0.3) is 33.0 Å². The van der Waals surface area contributed by atoms with E-state index in [-0.39, 0.29) is 71.6 Å². The molecule has 2 aliphatic heterocycles. The summed E-state index contributed by atoms with van der Waals surface area (Å²) in [4.78, 5) is 37.0. The van der Waals surface area contributed by atoms with E-state index in [4.69, 9.17) is 18.9 Å². The summed E-state index contributed by atoms with van der Waals surface area (Å²) in [5.41, 5.74) is 2.63. The van der Waals surface area contributed by atoms with Crippen molar-refractivity contribution in [3.63, 3.8) is 0 Å². The highest BCUT2D eigenvalue weighted by Gasteiger charge is 2.32. The van der Waals surface area contributed by atoms with Crippen LogP contribution in [-0.4, -0.2) is 143 Å². The van der Waals surface area contributed by atoms with Crippen molar-refractivity contribution in [3.8, 4) is 56.0 Å². The molecule has 2 fully saturated rings. The molecule has 2 atom stereocenters. The standard InChI is InChI=1S/2C23H29N5O5S2/c2*1-15-13-34-23(24-15)22-26-25-19(28(22)21-17(32-3)8-6-9-18(21)33-4)14-35(30,31)12-11-27-16(2)7-5-10-20(27)29/h2*6,8-9,13,16H,5,7,10-12,14H2,1-4H3/t2*16-/m10/s1. The van der Waals surface area contributed by atoms with Crippen molar-refractivity contribution in [1.29, 1.82) is 0 Å². The Balaban J connectivity index is 0.000000206. The normalized spacial score (nSPS) is 16.5. The number of methoxy groups -OCH3 is 4. The van der Waals surface area contributed by atoms with Crippen LogP contribution in [0.4, 0.5) is 0 Å². The largest absolute Gasteiger partial charge is 0.494 e. The van der Waals surface area contributed by atoms with Gasteiger partial charge in [0.1, 0.15) is 45.9 Å². The van der Waals surface area contributed by atoms with Gasteiger partial charge in [0.05, 0.1) is 39.9 Å². The number of hydrogen-bond acceptors (Lipinski definition) is 18. The summed E-state index contributed by atoms with van der Waals surface area (Å²) in [6.45, 7) is 7.98. The van der Waals surface area contributed by atoms with E-state index in [0.717, 1.165) is 37.1 Å². The number of aromatic nitrogens is 8. The Bertz CT molecular complexity index is 2790. The van der Waals surface area contributed by atoms with Gasteiger partial charge in [-0.15, -0.1) is 43.1 Å². The van der Waals surface area contributed by atoms with Crippen LogP contribution < -0.4 is 18.9 Å². The predicted molar refractivity (Wildman–Crippen MR) is 266 cm³/mol. The van der Waals surface area contributed by atoms with Gasteiger partial charge >= 0.3 is 0 Å². The van der Waals surface area contributed by atoms with Gasteiger partial charge in [-0.2, -0.15) is 0 Å². The smallest absolute Gasteiger partial charge is 0.222 e. The Labute approximate surface area is 415 Å². The maximum absolute atomic E-state index is 13.2. The maximum atomic E-state index is 13.2. The molecule has 0 unspecified atom stereocenters. The number of hydrogen-bond donors (Lipinski definition) is 0. The topological polar surface area (TPSA) is 233 Å². The molecule has 20 nitrogen and oxygen atoms in total. The molecule has 2 saturated heterocycles. The molecule has 8 rings (SSSR count). The lowest BCUT2D eigenvalue weighted by Gasteiger charge is -2.33. The molecule has 0 N–H and O–H groups in total. The van der Waals surface area contributed by atoms with Crippen molar-refractivity contribution in [2.45, 2.75) is 89.8 Å². The van der Waals surface area contributed by atoms with Crippen LogP contribution >= 0.6 is 22.7 Å². The van der Waals surface area contributed by atoms with E-state index in [1.807, 2.05) is 38.5 Å². The zero-order valence-corrected chi connectivity index (χ0v) is 43.7. The highest BCUT2D eigenvalue weighted by atomic mass is 32.2. The number of aryl methyl sites for hydroxylation is 2. The lowest BCUT2D eigenvalue weighted by atomic mass is 10.0. The molecule has 24 heteroatoms. The van der Waals surface area contributed by atoms with Gasteiger partial charge in [-0.25, -0.2) is 26.8 Å². The minimum atomic E-state index is -3.63. The van der Waals surface area contributed by atoms with Gasteiger partial charge < -0.3 is 28.7 Å². The summed E-state index contributed by atoms with van der Waals surface area (Å²) in [5, 5.41) is 22.1. The average molecular weight is 1040 g/mol. The molecule has 376 valence electrons. The van der Waals surface area contributed by atoms with E-state index >= 15 is 0 Å². The molecule has 2 amide bonds. The molecule has 6 aromatic rings. The number of benzene rings is 2. The molecule has 0 aliphatic carbocycles. The number of piperidine rings is 2. The fraction of sp³-hybridized carbons (Fsp3) is 0.478. The van der Waals surface area contributed by atoms with Crippen molar-refractivity contribution in [2.75, 3.05) is 53.0 Å². The van der Waals surface area contributed by atoms with Crippen LogP contribution in [0.5, 0.6) is 23.0 Å². The van der Waals surface area contributed by atoms with Crippen LogP contribution in [0.1, 0.15) is 75.4 Å². The van der Waals surface area contributed by atoms with E-state index in [1.165, 1.54) is 51.1 Å². The lowest BCUT2D eigenvalue weighted by molar-refractivity contribution is -0.136. The van der Waals surface area contributed by atoms with Crippen molar-refractivity contribution < 1.29 is 45.4 Å². The Morgan fingerprint density at radius 2 is 0.943 bits per heavy atom. The lowest BCUT2D eigenvalue weighted by Crippen LogP contribution is -2.44. The molecule has 4 aromatic heterocycles. The summed E-state index contributed by atoms with van der Waals surface area (Å²) in [5.74, 6) is 2.10. The number of thiazole rings is 2. The van der Waals surface area contributed by atoms with Gasteiger partial charge in [-0.1, -0.05) is 12.1 Å². The molecule has 0 spiro atoms. The van der Waals surface area contributed by atoms with Crippen LogP contribution in [0.15, 0.2) is 47.2 Å². The highest BCUT2D eigenvalue weighted by Crippen LogP contribution is 2.39. The number of amides is 2. The van der Waals surface area contributed by atoms with Crippen LogP contribution in [0.2, 0.25) is 0 Å². The van der Waals surface area contributed by atoms with Crippen molar-refractivity contribution in [3.05, 3.63) is 70.2 Å². The first-order valence-corrected chi connectivity index (χ1v) is 28.0. The van der Waals surface area contributed by atoms with E-state index in [1.54, 1.807) is 55.3 Å². The van der Waals surface area contributed by atoms with Gasteiger partial charge in [-0.3, -0.25) is 18.7 Å². The zero-order valence-electron chi connectivity index (χ0n) is 40.4. The second-order valence-corrected chi connectivity index (χ2v) is 23.1. The van der Waals surface area contributed by atoms with Gasteiger partial charge in [0, 0.05) is 60.2 Å². The Kier molecular flexibility index (Phi) is 16.6. The third kappa shape index (κ3) is 11.8. The Morgan fingerprint density at radius 1 is 0.586 bits per heavy atom. The number of sulfone groups is 2. The fourth-order valence-corrected chi connectivity index (χ4v) is 12.4. The van der Waals surface area contributed by atoms with E-state index in [9.17, 15) is 26.4 Å².